The zero-order chi connectivity index (χ0) is 24.4. The lowest BCUT2D eigenvalue weighted by Gasteiger charge is -2.30. The second kappa shape index (κ2) is 10.0. The molecule has 4 rings (SSSR count). The second-order valence-corrected chi connectivity index (χ2v) is 9.90. The van der Waals surface area contributed by atoms with Crippen molar-refractivity contribution >= 4 is 56.9 Å². The number of rotatable bonds is 5. The van der Waals surface area contributed by atoms with Crippen molar-refractivity contribution in [1.29, 1.82) is 0 Å². The van der Waals surface area contributed by atoms with Crippen molar-refractivity contribution in [2.45, 2.75) is 26.2 Å². The largest absolute Gasteiger partial charge is 0.378 e. The molecule has 2 aromatic rings. The fourth-order valence-electron chi connectivity index (χ4n) is 4.30. The zero-order valence-electron chi connectivity index (χ0n) is 18.6. The number of hydrogen-bond donors (Lipinski definition) is 3. The summed E-state index contributed by atoms with van der Waals surface area (Å²) in [5.74, 6) is -0.617. The molecule has 0 radical (unpaired) electrons. The van der Waals surface area contributed by atoms with Gasteiger partial charge >= 0.3 is 0 Å². The number of anilines is 2. The van der Waals surface area contributed by atoms with E-state index in [2.05, 4.69) is 17.6 Å². The summed E-state index contributed by atoms with van der Waals surface area (Å²) in [6.45, 7) is 4.27. The van der Waals surface area contributed by atoms with Gasteiger partial charge in [-0.1, -0.05) is 6.92 Å². The van der Waals surface area contributed by atoms with Crippen LogP contribution in [0.2, 0.25) is 0 Å². The Kier molecular flexibility index (Phi) is 7.10. The number of ether oxygens (including phenoxy) is 1. The fraction of sp³-hybridized carbons (Fsp3) is 0.409. The van der Waals surface area contributed by atoms with E-state index in [0.717, 1.165) is 29.7 Å². The van der Waals surface area contributed by atoms with E-state index in [4.69, 9.17) is 22.7 Å². The van der Waals surface area contributed by atoms with Crippen LogP contribution in [0.3, 0.4) is 0 Å². The molecule has 1 aromatic heterocycles. The van der Waals surface area contributed by atoms with Gasteiger partial charge in [0.05, 0.1) is 35.0 Å². The summed E-state index contributed by atoms with van der Waals surface area (Å²) in [6.07, 6.45) is 2.60. The van der Waals surface area contributed by atoms with Crippen LogP contribution >= 0.6 is 23.6 Å². The molecule has 0 saturated carbocycles. The number of nitrogens with zero attached hydrogens (tertiary/aromatic N) is 2. The van der Waals surface area contributed by atoms with Gasteiger partial charge in [0, 0.05) is 30.1 Å². The third-order valence-electron chi connectivity index (χ3n) is 6.00. The normalized spacial score (nSPS) is 17.6. The highest BCUT2D eigenvalue weighted by molar-refractivity contribution is 7.80. The topological polar surface area (TPSA) is 140 Å². The third kappa shape index (κ3) is 5.03. The summed E-state index contributed by atoms with van der Waals surface area (Å²) in [5.41, 5.74) is 7.51. The van der Waals surface area contributed by atoms with Crippen LogP contribution in [0.15, 0.2) is 18.2 Å². The molecule has 2 aliphatic rings. The maximum absolute atomic E-state index is 13.1. The number of benzene rings is 1. The van der Waals surface area contributed by atoms with E-state index in [-0.39, 0.29) is 16.4 Å². The highest BCUT2D eigenvalue weighted by Crippen LogP contribution is 2.39. The summed E-state index contributed by atoms with van der Waals surface area (Å²) < 4.78 is 5.37. The fourth-order valence-corrected chi connectivity index (χ4v) is 5.98. The monoisotopic (exact) mass is 503 g/mol. The van der Waals surface area contributed by atoms with Gasteiger partial charge in [0.1, 0.15) is 5.00 Å². The number of nitrogens with one attached hydrogen (secondary N) is 2. The summed E-state index contributed by atoms with van der Waals surface area (Å²) in [6, 6.07) is 4.17. The summed E-state index contributed by atoms with van der Waals surface area (Å²) in [7, 11) is 0. The molecule has 34 heavy (non-hydrogen) atoms. The molecule has 1 aliphatic carbocycles. The Morgan fingerprint density at radius 2 is 2.06 bits per heavy atom. The number of thiocarbonyl (C=S) groups is 1. The van der Waals surface area contributed by atoms with Gasteiger partial charge in [-0.25, -0.2) is 0 Å². The minimum absolute atomic E-state index is 0.0152. The molecule has 12 heteroatoms. The van der Waals surface area contributed by atoms with Crippen molar-refractivity contribution in [2.24, 2.45) is 11.7 Å². The first kappa shape index (κ1) is 24.0. The van der Waals surface area contributed by atoms with Gasteiger partial charge in [0.25, 0.3) is 17.5 Å². The summed E-state index contributed by atoms with van der Waals surface area (Å²) in [5, 5.41) is 17.3. The van der Waals surface area contributed by atoms with Crippen LogP contribution in [-0.4, -0.2) is 48.2 Å². The number of morpholine rings is 1. The average molecular weight is 504 g/mol. The molecule has 1 saturated heterocycles. The first-order valence-electron chi connectivity index (χ1n) is 10.9. The number of nitro groups is 1. The molecule has 1 atom stereocenters. The minimum Gasteiger partial charge on any atom is -0.378 e. The minimum atomic E-state index is -0.585. The lowest BCUT2D eigenvalue weighted by Crippen LogP contribution is -2.39. The summed E-state index contributed by atoms with van der Waals surface area (Å²) in [4.78, 5) is 39.1. The molecule has 0 bridgehead atoms. The third-order valence-corrected chi connectivity index (χ3v) is 7.37. The number of nitro benzene ring substituents is 1. The standard InChI is InChI=1S/C22H25N5O5S2/c1-12-2-4-14-17(10-12)34-21(18(14)19(23)28)25-22(33)24-20(29)15-11-13(27(30)31)3-5-16(15)26-6-8-32-9-7-26/h3,5,11-12H,2,4,6-10H2,1H3,(H2,23,28)(H2,24,25,29,33). The molecule has 1 aliphatic heterocycles. The van der Waals surface area contributed by atoms with Crippen LogP contribution in [-0.2, 0) is 17.6 Å². The predicted octanol–water partition coefficient (Wildman–Crippen LogP) is 2.84. The van der Waals surface area contributed by atoms with Crippen LogP contribution in [0, 0.1) is 16.0 Å². The van der Waals surface area contributed by atoms with Crippen LogP contribution in [0.1, 0.15) is 44.5 Å². The smallest absolute Gasteiger partial charge is 0.270 e. The molecule has 0 spiro atoms. The number of non-ortho nitro benzene ring substituents is 1. The number of carbonyl (C=O) groups excluding carboxylic acids is 2. The van der Waals surface area contributed by atoms with E-state index < -0.39 is 16.7 Å². The number of primary amides is 1. The molecule has 1 fully saturated rings. The Morgan fingerprint density at radius 3 is 2.74 bits per heavy atom. The van der Waals surface area contributed by atoms with E-state index in [9.17, 15) is 19.7 Å². The van der Waals surface area contributed by atoms with Crippen LogP contribution in [0.25, 0.3) is 0 Å². The quantitative estimate of drug-likeness (QED) is 0.321. The zero-order valence-corrected chi connectivity index (χ0v) is 20.2. The van der Waals surface area contributed by atoms with Crippen molar-refractivity contribution in [2.75, 3.05) is 36.5 Å². The molecule has 1 unspecified atom stereocenters. The average Bonchev–Trinajstić information content (AvgIpc) is 3.15. The number of nitrogens with two attached hydrogens (primary N) is 1. The highest BCUT2D eigenvalue weighted by Gasteiger charge is 2.28. The van der Waals surface area contributed by atoms with Crippen molar-refractivity contribution < 1.29 is 19.2 Å². The first-order valence-corrected chi connectivity index (χ1v) is 12.1. The van der Waals surface area contributed by atoms with Crippen molar-refractivity contribution in [1.82, 2.24) is 5.32 Å². The number of thiophene rings is 1. The van der Waals surface area contributed by atoms with E-state index in [1.807, 2.05) is 4.90 Å². The second-order valence-electron chi connectivity index (χ2n) is 8.39. The van der Waals surface area contributed by atoms with E-state index in [1.54, 1.807) is 6.07 Å². The number of carbonyl (C=O) groups is 2. The van der Waals surface area contributed by atoms with E-state index in [0.29, 0.717) is 48.5 Å². The molecule has 4 N–H and O–H groups in total. The lowest BCUT2D eigenvalue weighted by molar-refractivity contribution is -0.384. The Hall–Kier alpha value is -3.09. The van der Waals surface area contributed by atoms with Gasteiger partial charge in [-0.15, -0.1) is 11.3 Å². The van der Waals surface area contributed by atoms with Crippen molar-refractivity contribution in [3.63, 3.8) is 0 Å². The maximum atomic E-state index is 13.1. The lowest BCUT2D eigenvalue weighted by atomic mass is 9.88. The van der Waals surface area contributed by atoms with E-state index >= 15 is 0 Å². The van der Waals surface area contributed by atoms with Gasteiger partial charge in [-0.3, -0.25) is 25.0 Å². The molecule has 2 heterocycles. The SMILES string of the molecule is CC1CCc2c(sc(NC(=S)NC(=O)c3cc([N+](=O)[O-])ccc3N3CCOCC3)c2C(N)=O)C1. The first-order chi connectivity index (χ1) is 16.2. The number of hydrogen-bond acceptors (Lipinski definition) is 8. The predicted molar refractivity (Wildman–Crippen MR) is 134 cm³/mol. The van der Waals surface area contributed by atoms with Crippen LogP contribution in [0.5, 0.6) is 0 Å². The molecule has 180 valence electrons. The van der Waals surface area contributed by atoms with Gasteiger partial charge in [0.2, 0.25) is 0 Å². The van der Waals surface area contributed by atoms with E-state index in [1.165, 1.54) is 23.5 Å². The van der Waals surface area contributed by atoms with Crippen LogP contribution < -0.4 is 21.3 Å². The Balaban J connectivity index is 1.56. The highest BCUT2D eigenvalue weighted by atomic mass is 32.1. The summed E-state index contributed by atoms with van der Waals surface area (Å²) >= 11 is 6.77. The van der Waals surface area contributed by atoms with Gasteiger partial charge in [-0.2, -0.15) is 0 Å². The Labute approximate surface area is 205 Å². The Morgan fingerprint density at radius 1 is 1.32 bits per heavy atom. The molecule has 2 amide bonds. The van der Waals surface area contributed by atoms with Crippen molar-refractivity contribution in [3.8, 4) is 0 Å². The maximum Gasteiger partial charge on any atom is 0.270 e. The molecular formula is C22H25N5O5S2. The van der Waals surface area contributed by atoms with Crippen LogP contribution in [0.4, 0.5) is 16.4 Å². The molecule has 10 nitrogen and oxygen atoms in total. The van der Waals surface area contributed by atoms with Gasteiger partial charge in [0.15, 0.2) is 5.11 Å². The number of fused-ring (bicyclic) bond motifs is 1. The van der Waals surface area contributed by atoms with Crippen molar-refractivity contribution in [3.05, 3.63) is 49.9 Å². The molecule has 1 aromatic carbocycles. The Bertz CT molecular complexity index is 1160. The molecular weight excluding hydrogens is 478 g/mol. The van der Waals surface area contributed by atoms with Gasteiger partial charge in [-0.05, 0) is 49.0 Å². The number of amides is 2. The van der Waals surface area contributed by atoms with Gasteiger partial charge < -0.3 is 20.7 Å².